The number of aromatic nitrogens is 2. The van der Waals surface area contributed by atoms with Gasteiger partial charge in [-0.3, -0.25) is 4.90 Å². The average Bonchev–Trinajstić information content (AvgIpc) is 2.87. The van der Waals surface area contributed by atoms with E-state index in [1.54, 1.807) is 0 Å². The minimum atomic E-state index is 0.402. The Hall–Kier alpha value is -1.86. The molecule has 0 bridgehead atoms. The number of fused-ring (bicyclic) bond motifs is 1. The number of benzene rings is 1. The molecule has 0 saturated carbocycles. The molecule has 1 fully saturated rings. The Morgan fingerprint density at radius 2 is 2.19 bits per heavy atom. The SMILES string of the molecule is CC(C)n1c([C@H]2CCCN(CC#N)C2)nc2ccccc21. The standard InChI is InChI=1S/C17H22N4/c1-13(2)21-16-8-4-3-7-15(16)19-17(21)14-6-5-10-20(12-14)11-9-18/h3-4,7-8,13-14H,5-6,10-12H2,1-2H3/t14-/m0/s1. The molecule has 110 valence electrons. The maximum absolute atomic E-state index is 8.92. The lowest BCUT2D eigenvalue weighted by Crippen LogP contribution is -2.35. The van der Waals surface area contributed by atoms with E-state index in [2.05, 4.69) is 47.6 Å². The normalized spacial score (nSPS) is 20.0. The van der Waals surface area contributed by atoms with E-state index in [1.807, 2.05) is 6.07 Å². The molecule has 21 heavy (non-hydrogen) atoms. The number of nitriles is 1. The van der Waals surface area contributed by atoms with Crippen molar-refractivity contribution < 1.29 is 0 Å². The molecule has 0 unspecified atom stereocenters. The molecule has 0 amide bonds. The van der Waals surface area contributed by atoms with E-state index in [0.717, 1.165) is 31.4 Å². The summed E-state index contributed by atoms with van der Waals surface area (Å²) < 4.78 is 2.37. The van der Waals surface area contributed by atoms with Crippen LogP contribution in [-0.4, -0.2) is 34.1 Å². The van der Waals surface area contributed by atoms with Gasteiger partial charge in [0.1, 0.15) is 5.82 Å². The lowest BCUT2D eigenvalue weighted by molar-refractivity contribution is 0.223. The zero-order chi connectivity index (χ0) is 14.8. The summed E-state index contributed by atoms with van der Waals surface area (Å²) in [7, 11) is 0. The number of rotatable bonds is 3. The lowest BCUT2D eigenvalue weighted by atomic mass is 9.97. The van der Waals surface area contributed by atoms with E-state index in [0.29, 0.717) is 18.5 Å². The predicted octanol–water partition coefficient (Wildman–Crippen LogP) is 3.32. The summed E-state index contributed by atoms with van der Waals surface area (Å²) in [6.45, 7) is 6.94. The van der Waals surface area contributed by atoms with Crippen LogP contribution in [0.3, 0.4) is 0 Å². The van der Waals surface area contributed by atoms with Gasteiger partial charge in [-0.15, -0.1) is 0 Å². The molecule has 0 aliphatic carbocycles. The topological polar surface area (TPSA) is 44.9 Å². The summed E-state index contributed by atoms with van der Waals surface area (Å²) in [6, 6.07) is 11.0. The molecule has 1 aliphatic rings. The van der Waals surface area contributed by atoms with Gasteiger partial charge in [-0.25, -0.2) is 4.98 Å². The molecular weight excluding hydrogens is 260 g/mol. The molecule has 1 aromatic carbocycles. The number of likely N-dealkylation sites (tertiary alicyclic amines) is 1. The Labute approximate surface area is 126 Å². The zero-order valence-electron chi connectivity index (χ0n) is 12.8. The molecule has 0 N–H and O–H groups in total. The second-order valence-corrected chi connectivity index (χ2v) is 6.15. The van der Waals surface area contributed by atoms with Crippen LogP contribution >= 0.6 is 0 Å². The van der Waals surface area contributed by atoms with Crippen molar-refractivity contribution in [3.63, 3.8) is 0 Å². The molecule has 1 saturated heterocycles. The molecule has 4 nitrogen and oxygen atoms in total. The largest absolute Gasteiger partial charge is 0.325 e. The number of hydrogen-bond donors (Lipinski definition) is 0. The van der Waals surface area contributed by atoms with Crippen LogP contribution in [0.2, 0.25) is 0 Å². The van der Waals surface area contributed by atoms with Gasteiger partial charge in [-0.2, -0.15) is 5.26 Å². The second kappa shape index (κ2) is 5.87. The van der Waals surface area contributed by atoms with E-state index < -0.39 is 0 Å². The Bertz CT molecular complexity index is 665. The van der Waals surface area contributed by atoms with E-state index in [1.165, 1.54) is 11.3 Å². The van der Waals surface area contributed by atoms with Gasteiger partial charge in [-0.05, 0) is 45.4 Å². The first-order valence-corrected chi connectivity index (χ1v) is 7.77. The average molecular weight is 282 g/mol. The predicted molar refractivity (Wildman–Crippen MR) is 84.1 cm³/mol. The van der Waals surface area contributed by atoms with Gasteiger partial charge in [-0.1, -0.05) is 12.1 Å². The van der Waals surface area contributed by atoms with Gasteiger partial charge in [0.25, 0.3) is 0 Å². The fourth-order valence-electron chi connectivity index (χ4n) is 3.40. The third kappa shape index (κ3) is 2.66. The van der Waals surface area contributed by atoms with Crippen LogP contribution in [0.25, 0.3) is 11.0 Å². The molecule has 2 heterocycles. The van der Waals surface area contributed by atoms with Crippen molar-refractivity contribution in [3.8, 4) is 6.07 Å². The van der Waals surface area contributed by atoms with Crippen LogP contribution in [0, 0.1) is 11.3 Å². The van der Waals surface area contributed by atoms with Crippen molar-refractivity contribution in [1.82, 2.24) is 14.5 Å². The zero-order valence-corrected chi connectivity index (χ0v) is 12.8. The Balaban J connectivity index is 1.99. The van der Waals surface area contributed by atoms with Crippen molar-refractivity contribution in [2.24, 2.45) is 0 Å². The monoisotopic (exact) mass is 282 g/mol. The van der Waals surface area contributed by atoms with Crippen LogP contribution < -0.4 is 0 Å². The fraction of sp³-hybridized carbons (Fsp3) is 0.529. The highest BCUT2D eigenvalue weighted by molar-refractivity contribution is 5.76. The highest BCUT2D eigenvalue weighted by Crippen LogP contribution is 2.31. The number of piperidine rings is 1. The highest BCUT2D eigenvalue weighted by atomic mass is 15.2. The minimum absolute atomic E-state index is 0.402. The van der Waals surface area contributed by atoms with E-state index in [9.17, 15) is 0 Å². The molecule has 1 atom stereocenters. The number of hydrogen-bond acceptors (Lipinski definition) is 3. The lowest BCUT2D eigenvalue weighted by Gasteiger charge is -2.31. The number of nitrogens with zero attached hydrogens (tertiary/aromatic N) is 4. The van der Waals surface area contributed by atoms with Crippen molar-refractivity contribution >= 4 is 11.0 Å². The first-order chi connectivity index (χ1) is 10.2. The maximum Gasteiger partial charge on any atom is 0.114 e. The van der Waals surface area contributed by atoms with E-state index in [4.69, 9.17) is 10.2 Å². The Morgan fingerprint density at radius 1 is 1.38 bits per heavy atom. The third-order valence-corrected chi connectivity index (χ3v) is 4.30. The smallest absolute Gasteiger partial charge is 0.114 e. The highest BCUT2D eigenvalue weighted by Gasteiger charge is 2.26. The van der Waals surface area contributed by atoms with Crippen molar-refractivity contribution in [2.45, 2.75) is 38.6 Å². The Morgan fingerprint density at radius 3 is 2.95 bits per heavy atom. The molecule has 1 aliphatic heterocycles. The minimum Gasteiger partial charge on any atom is -0.325 e. The third-order valence-electron chi connectivity index (χ3n) is 4.30. The van der Waals surface area contributed by atoms with Gasteiger partial charge < -0.3 is 4.57 Å². The summed E-state index contributed by atoms with van der Waals surface area (Å²) in [5.74, 6) is 1.62. The fourth-order valence-corrected chi connectivity index (χ4v) is 3.40. The summed E-state index contributed by atoms with van der Waals surface area (Å²) in [5.41, 5.74) is 2.30. The summed E-state index contributed by atoms with van der Waals surface area (Å²) in [6.07, 6.45) is 2.31. The molecule has 0 spiro atoms. The first kappa shape index (κ1) is 14.1. The molecule has 3 rings (SSSR count). The summed E-state index contributed by atoms with van der Waals surface area (Å²) in [4.78, 5) is 7.15. The van der Waals surface area contributed by atoms with Crippen molar-refractivity contribution in [2.75, 3.05) is 19.6 Å². The molecule has 1 aromatic heterocycles. The van der Waals surface area contributed by atoms with Gasteiger partial charge in [0.15, 0.2) is 0 Å². The molecule has 4 heteroatoms. The van der Waals surface area contributed by atoms with E-state index >= 15 is 0 Å². The van der Waals surface area contributed by atoms with E-state index in [-0.39, 0.29) is 0 Å². The van der Waals surface area contributed by atoms with Gasteiger partial charge in [0.2, 0.25) is 0 Å². The van der Waals surface area contributed by atoms with Crippen LogP contribution in [0.15, 0.2) is 24.3 Å². The maximum atomic E-state index is 8.92. The second-order valence-electron chi connectivity index (χ2n) is 6.15. The van der Waals surface area contributed by atoms with Gasteiger partial charge in [0, 0.05) is 18.5 Å². The quantitative estimate of drug-likeness (QED) is 0.811. The van der Waals surface area contributed by atoms with Crippen LogP contribution in [0.5, 0.6) is 0 Å². The van der Waals surface area contributed by atoms with Crippen LogP contribution in [-0.2, 0) is 0 Å². The molecule has 2 aromatic rings. The van der Waals surface area contributed by atoms with Gasteiger partial charge >= 0.3 is 0 Å². The number of para-hydroxylation sites is 2. The molecule has 0 radical (unpaired) electrons. The first-order valence-electron chi connectivity index (χ1n) is 7.77. The van der Waals surface area contributed by atoms with Crippen molar-refractivity contribution in [1.29, 1.82) is 5.26 Å². The number of imidazole rings is 1. The summed E-state index contributed by atoms with van der Waals surface area (Å²) in [5, 5.41) is 8.92. The summed E-state index contributed by atoms with van der Waals surface area (Å²) >= 11 is 0. The van der Waals surface area contributed by atoms with Crippen LogP contribution in [0.4, 0.5) is 0 Å². The van der Waals surface area contributed by atoms with Crippen LogP contribution in [0.1, 0.15) is 44.5 Å². The Kier molecular flexibility index (Phi) is 3.94. The van der Waals surface area contributed by atoms with Gasteiger partial charge in [0.05, 0.1) is 23.6 Å². The van der Waals surface area contributed by atoms with Crippen molar-refractivity contribution in [3.05, 3.63) is 30.1 Å². The molecular formula is C17H22N4.